The fourth-order valence-corrected chi connectivity index (χ4v) is 6.89. The first kappa shape index (κ1) is 25.8. The standard InChI is InChI=1S/C26H32O3.C6H10/c1-3-29-19-8-4-16(5-9-19)22-15-26(2)23(12-13-24(26)28)21-10-6-17-14-18(27)7-11-20(17)25(21)22;1-5-6(2,3)4/h4-5,8-9,14,21-24,28H,3,6-7,10-13,15H2,1-2H3;1H,2-4H3. The molecule has 2 fully saturated rings. The predicted molar refractivity (Wildman–Crippen MR) is 142 cm³/mol. The molecule has 5 rings (SSSR count). The molecule has 5 unspecified atom stereocenters. The molecule has 35 heavy (non-hydrogen) atoms. The molecule has 0 saturated heterocycles. The predicted octanol–water partition coefficient (Wildman–Crippen LogP) is 7.01. The molecule has 3 heteroatoms. The molecule has 4 aliphatic carbocycles. The van der Waals surface area contributed by atoms with E-state index < -0.39 is 0 Å². The molecule has 0 aromatic heterocycles. The van der Waals surface area contributed by atoms with Gasteiger partial charge in [0.15, 0.2) is 5.78 Å². The lowest BCUT2D eigenvalue weighted by Crippen LogP contribution is -2.45. The molecule has 0 radical (unpaired) electrons. The average molecular weight is 475 g/mol. The zero-order chi connectivity index (χ0) is 25.4. The molecule has 188 valence electrons. The molecule has 2 saturated carbocycles. The van der Waals surface area contributed by atoms with Gasteiger partial charge in [0.05, 0.1) is 12.7 Å². The van der Waals surface area contributed by atoms with E-state index in [9.17, 15) is 9.90 Å². The van der Waals surface area contributed by atoms with E-state index in [0.29, 0.717) is 30.8 Å². The van der Waals surface area contributed by atoms with E-state index in [0.717, 1.165) is 44.3 Å². The summed E-state index contributed by atoms with van der Waals surface area (Å²) in [6.07, 6.45) is 13.5. The highest BCUT2D eigenvalue weighted by molar-refractivity contribution is 5.93. The quantitative estimate of drug-likeness (QED) is 0.479. The molecule has 0 amide bonds. The van der Waals surface area contributed by atoms with Crippen LogP contribution >= 0.6 is 0 Å². The topological polar surface area (TPSA) is 46.5 Å². The van der Waals surface area contributed by atoms with Crippen LogP contribution in [0, 0.1) is 35.0 Å². The second-order valence-corrected chi connectivity index (χ2v) is 12.1. The summed E-state index contributed by atoms with van der Waals surface area (Å²) in [6.45, 7) is 11.0. The number of aliphatic hydroxyl groups is 1. The van der Waals surface area contributed by atoms with Crippen LogP contribution in [0.5, 0.6) is 5.75 Å². The van der Waals surface area contributed by atoms with Crippen molar-refractivity contribution in [3.8, 4) is 18.1 Å². The van der Waals surface area contributed by atoms with Gasteiger partial charge in [-0.3, -0.25) is 4.79 Å². The van der Waals surface area contributed by atoms with E-state index >= 15 is 0 Å². The maximum absolute atomic E-state index is 12.1. The molecule has 0 heterocycles. The van der Waals surface area contributed by atoms with Gasteiger partial charge in [0.1, 0.15) is 5.75 Å². The second kappa shape index (κ2) is 9.98. The lowest BCUT2D eigenvalue weighted by atomic mass is 9.53. The SMILES string of the molecule is C#CC(C)(C)C.CCOc1ccc(C2CC3(C)C(O)CCC3C3CCC4=CC(=O)CCC4=C23)cc1. The second-order valence-electron chi connectivity index (χ2n) is 12.1. The van der Waals surface area contributed by atoms with Gasteiger partial charge in [-0.15, -0.1) is 12.3 Å². The summed E-state index contributed by atoms with van der Waals surface area (Å²) < 4.78 is 5.66. The Bertz CT molecular complexity index is 1050. The molecule has 0 bridgehead atoms. The maximum Gasteiger partial charge on any atom is 0.156 e. The van der Waals surface area contributed by atoms with Crippen LogP contribution in [0.4, 0.5) is 0 Å². The lowest BCUT2D eigenvalue weighted by molar-refractivity contribution is -0.114. The summed E-state index contributed by atoms with van der Waals surface area (Å²) in [5.74, 6) is 5.25. The van der Waals surface area contributed by atoms with Crippen LogP contribution in [-0.2, 0) is 4.79 Å². The first-order valence-electron chi connectivity index (χ1n) is 13.4. The lowest BCUT2D eigenvalue weighted by Gasteiger charge is -2.52. The summed E-state index contributed by atoms with van der Waals surface area (Å²) in [7, 11) is 0. The van der Waals surface area contributed by atoms with E-state index in [1.807, 2.05) is 33.8 Å². The molecular weight excluding hydrogens is 432 g/mol. The fourth-order valence-electron chi connectivity index (χ4n) is 6.89. The zero-order valence-corrected chi connectivity index (χ0v) is 22.2. The number of rotatable bonds is 3. The number of terminal acetylenes is 1. The third-order valence-corrected chi connectivity index (χ3v) is 8.71. The normalized spacial score (nSPS) is 31.8. The Morgan fingerprint density at radius 3 is 2.43 bits per heavy atom. The van der Waals surface area contributed by atoms with Crippen molar-refractivity contribution in [1.29, 1.82) is 0 Å². The van der Waals surface area contributed by atoms with E-state index in [1.165, 1.54) is 16.7 Å². The van der Waals surface area contributed by atoms with Crippen LogP contribution < -0.4 is 4.74 Å². The molecule has 4 aliphatic rings. The minimum atomic E-state index is -0.200. The Morgan fingerprint density at radius 2 is 1.80 bits per heavy atom. The highest BCUT2D eigenvalue weighted by atomic mass is 16.5. The summed E-state index contributed by atoms with van der Waals surface area (Å²) in [6, 6.07) is 8.61. The Labute approximate surface area is 212 Å². The number of hydrogen-bond donors (Lipinski definition) is 1. The number of benzene rings is 1. The average Bonchev–Trinajstić information content (AvgIpc) is 3.13. The van der Waals surface area contributed by atoms with Gasteiger partial charge in [0.2, 0.25) is 0 Å². The highest BCUT2D eigenvalue weighted by Gasteiger charge is 2.56. The van der Waals surface area contributed by atoms with Crippen molar-refractivity contribution >= 4 is 5.78 Å². The molecule has 5 atom stereocenters. The largest absolute Gasteiger partial charge is 0.494 e. The fraction of sp³-hybridized carbons (Fsp3) is 0.594. The van der Waals surface area contributed by atoms with Crippen molar-refractivity contribution in [3.63, 3.8) is 0 Å². The van der Waals surface area contributed by atoms with Crippen LogP contribution in [0.15, 0.2) is 47.1 Å². The van der Waals surface area contributed by atoms with E-state index in [4.69, 9.17) is 11.2 Å². The first-order valence-corrected chi connectivity index (χ1v) is 13.4. The van der Waals surface area contributed by atoms with Gasteiger partial charge in [-0.1, -0.05) is 24.6 Å². The number of aliphatic hydroxyl groups excluding tert-OH is 1. The van der Waals surface area contributed by atoms with Crippen LogP contribution in [0.1, 0.15) is 91.0 Å². The van der Waals surface area contributed by atoms with Gasteiger partial charge in [-0.2, -0.15) is 0 Å². The number of ketones is 1. The van der Waals surface area contributed by atoms with Gasteiger partial charge in [0, 0.05) is 17.8 Å². The number of fused-ring (bicyclic) bond motifs is 4. The van der Waals surface area contributed by atoms with Crippen molar-refractivity contribution in [3.05, 3.63) is 52.6 Å². The Balaban J connectivity index is 0.000000431. The highest BCUT2D eigenvalue weighted by Crippen LogP contribution is 2.63. The number of hydrogen-bond acceptors (Lipinski definition) is 3. The van der Waals surface area contributed by atoms with Gasteiger partial charge in [0.25, 0.3) is 0 Å². The smallest absolute Gasteiger partial charge is 0.156 e. The monoisotopic (exact) mass is 474 g/mol. The first-order chi connectivity index (χ1) is 16.6. The molecule has 3 nitrogen and oxygen atoms in total. The van der Waals surface area contributed by atoms with Gasteiger partial charge in [-0.25, -0.2) is 0 Å². The van der Waals surface area contributed by atoms with Crippen molar-refractivity contribution in [1.82, 2.24) is 0 Å². The van der Waals surface area contributed by atoms with Crippen LogP contribution in [0.3, 0.4) is 0 Å². The minimum absolute atomic E-state index is 0.0102. The summed E-state index contributed by atoms with van der Waals surface area (Å²) in [4.78, 5) is 12.1. The molecule has 1 aromatic carbocycles. The van der Waals surface area contributed by atoms with Gasteiger partial charge in [-0.05, 0) is 118 Å². The Hall–Kier alpha value is -2.31. The molecule has 1 N–H and O–H groups in total. The maximum atomic E-state index is 12.1. The van der Waals surface area contributed by atoms with Crippen molar-refractivity contribution in [2.24, 2.45) is 22.7 Å². The van der Waals surface area contributed by atoms with Crippen molar-refractivity contribution < 1.29 is 14.6 Å². The summed E-state index contributed by atoms with van der Waals surface area (Å²) in [5, 5.41) is 10.9. The van der Waals surface area contributed by atoms with E-state index in [2.05, 4.69) is 37.1 Å². The minimum Gasteiger partial charge on any atom is -0.494 e. The Kier molecular flexibility index (Phi) is 7.35. The molecular formula is C32H42O3. The van der Waals surface area contributed by atoms with Gasteiger partial charge >= 0.3 is 0 Å². The van der Waals surface area contributed by atoms with Crippen LogP contribution in [-0.4, -0.2) is 23.6 Å². The van der Waals surface area contributed by atoms with E-state index in [1.54, 1.807) is 5.57 Å². The Morgan fingerprint density at radius 1 is 1.11 bits per heavy atom. The van der Waals surface area contributed by atoms with Crippen LogP contribution in [0.25, 0.3) is 0 Å². The molecule has 0 aliphatic heterocycles. The third kappa shape index (κ3) is 5.14. The number of allylic oxidation sites excluding steroid dienone is 4. The number of ether oxygens (including phenoxy) is 1. The third-order valence-electron chi connectivity index (χ3n) is 8.71. The summed E-state index contributed by atoms with van der Waals surface area (Å²) in [5.41, 5.74) is 5.76. The number of carbonyl (C=O) groups excluding carboxylic acids is 1. The summed E-state index contributed by atoms with van der Waals surface area (Å²) >= 11 is 0. The van der Waals surface area contributed by atoms with Crippen molar-refractivity contribution in [2.75, 3.05) is 6.61 Å². The van der Waals surface area contributed by atoms with Crippen LogP contribution in [0.2, 0.25) is 0 Å². The zero-order valence-electron chi connectivity index (χ0n) is 22.2. The van der Waals surface area contributed by atoms with Crippen molar-refractivity contribution in [2.45, 2.75) is 91.6 Å². The van der Waals surface area contributed by atoms with E-state index in [-0.39, 0.29) is 22.7 Å². The van der Waals surface area contributed by atoms with Gasteiger partial charge < -0.3 is 9.84 Å². The number of carbonyl (C=O) groups is 1. The molecule has 1 aromatic rings. The molecule has 0 spiro atoms.